The van der Waals surface area contributed by atoms with Crippen LogP contribution in [0.3, 0.4) is 0 Å². The molecule has 0 unspecified atom stereocenters. The summed E-state index contributed by atoms with van der Waals surface area (Å²) in [5, 5.41) is 9.73. The van der Waals surface area contributed by atoms with E-state index in [1.807, 2.05) is 36.4 Å². The van der Waals surface area contributed by atoms with Crippen molar-refractivity contribution in [2.45, 2.75) is 6.42 Å². The van der Waals surface area contributed by atoms with Crippen molar-refractivity contribution < 1.29 is 9.53 Å². The lowest BCUT2D eigenvalue weighted by atomic mass is 10.1. The molecule has 2 aromatic rings. The molecule has 152 valence electrons. The smallest absolute Gasteiger partial charge is 0.251 e. The molecule has 8 heteroatoms. The Balaban J connectivity index is 0.00000392. The third-order valence-electron chi connectivity index (χ3n) is 3.81. The van der Waals surface area contributed by atoms with E-state index >= 15 is 0 Å². The average Bonchev–Trinajstić information content (AvgIpc) is 2.69. The van der Waals surface area contributed by atoms with Gasteiger partial charge in [-0.3, -0.25) is 9.79 Å². The first kappa shape index (κ1) is 24.0. The molecule has 3 N–H and O–H groups in total. The number of guanidine groups is 1. The summed E-state index contributed by atoms with van der Waals surface area (Å²) in [5.41, 5.74) is 1.75. The molecule has 0 fully saturated rings. The number of nitrogens with zero attached hydrogens (tertiary/aromatic N) is 1. The molecule has 0 aliphatic carbocycles. The molecule has 0 bridgehead atoms. The molecule has 2 aromatic carbocycles. The number of hydrogen-bond donors (Lipinski definition) is 3. The van der Waals surface area contributed by atoms with E-state index in [4.69, 9.17) is 16.3 Å². The fourth-order valence-corrected chi connectivity index (χ4v) is 2.63. The van der Waals surface area contributed by atoms with E-state index in [9.17, 15) is 4.79 Å². The predicted molar refractivity (Wildman–Crippen MR) is 125 cm³/mol. The maximum Gasteiger partial charge on any atom is 0.251 e. The Morgan fingerprint density at radius 2 is 1.86 bits per heavy atom. The van der Waals surface area contributed by atoms with Crippen molar-refractivity contribution in [3.05, 3.63) is 64.7 Å². The lowest BCUT2D eigenvalue weighted by molar-refractivity contribution is 0.0963. The number of carbonyl (C=O) groups excluding carboxylic acids is 1. The second kappa shape index (κ2) is 13.2. The Labute approximate surface area is 188 Å². The summed E-state index contributed by atoms with van der Waals surface area (Å²) in [6.45, 7) is 1.81. The molecule has 0 aliphatic heterocycles. The first-order valence-corrected chi connectivity index (χ1v) is 9.14. The number of aliphatic imine (C=N–C) groups is 1. The maximum atomic E-state index is 11.7. The van der Waals surface area contributed by atoms with Gasteiger partial charge in [-0.1, -0.05) is 29.8 Å². The Morgan fingerprint density at radius 1 is 1.11 bits per heavy atom. The maximum absolute atomic E-state index is 11.7. The number of carbonyl (C=O) groups is 1. The van der Waals surface area contributed by atoms with Crippen LogP contribution in [0.2, 0.25) is 5.02 Å². The number of nitrogens with one attached hydrogen (secondary N) is 3. The van der Waals surface area contributed by atoms with E-state index in [1.165, 1.54) is 0 Å². The van der Waals surface area contributed by atoms with Crippen LogP contribution in [0.5, 0.6) is 5.75 Å². The molecule has 0 aromatic heterocycles. The fraction of sp³-hybridized carbons (Fsp3) is 0.300. The molecule has 1 amide bonds. The lowest BCUT2D eigenvalue weighted by Gasteiger charge is -2.13. The van der Waals surface area contributed by atoms with Crippen molar-refractivity contribution in [3.63, 3.8) is 0 Å². The van der Waals surface area contributed by atoms with Gasteiger partial charge in [-0.25, -0.2) is 0 Å². The van der Waals surface area contributed by atoms with Gasteiger partial charge in [0.05, 0.1) is 6.54 Å². The highest BCUT2D eigenvalue weighted by atomic mass is 127. The molecule has 28 heavy (non-hydrogen) atoms. The van der Waals surface area contributed by atoms with Gasteiger partial charge in [0.15, 0.2) is 5.96 Å². The van der Waals surface area contributed by atoms with E-state index in [-0.39, 0.29) is 29.9 Å². The molecule has 0 heterocycles. The summed E-state index contributed by atoms with van der Waals surface area (Å²) in [4.78, 5) is 15.9. The third-order valence-corrected chi connectivity index (χ3v) is 4.04. The van der Waals surface area contributed by atoms with Crippen molar-refractivity contribution in [2.75, 3.05) is 33.8 Å². The Bertz CT molecular complexity index is 786. The zero-order valence-corrected chi connectivity index (χ0v) is 19.1. The second-order valence-corrected chi connectivity index (χ2v) is 6.20. The van der Waals surface area contributed by atoms with Gasteiger partial charge in [-0.2, -0.15) is 0 Å². The van der Waals surface area contributed by atoms with E-state index in [0.717, 1.165) is 17.7 Å². The number of ether oxygens (including phenoxy) is 1. The zero-order chi connectivity index (χ0) is 19.5. The summed E-state index contributed by atoms with van der Waals surface area (Å²) in [6.07, 6.45) is 0.782. The number of amides is 1. The van der Waals surface area contributed by atoms with Crippen LogP contribution in [-0.4, -0.2) is 45.7 Å². The van der Waals surface area contributed by atoms with E-state index in [0.29, 0.717) is 36.2 Å². The van der Waals surface area contributed by atoms with Crippen LogP contribution in [-0.2, 0) is 6.42 Å². The van der Waals surface area contributed by atoms with Crippen molar-refractivity contribution in [2.24, 2.45) is 4.99 Å². The van der Waals surface area contributed by atoms with Crippen LogP contribution in [0.15, 0.2) is 53.5 Å². The fourth-order valence-electron chi connectivity index (χ4n) is 2.45. The Morgan fingerprint density at radius 3 is 2.57 bits per heavy atom. The monoisotopic (exact) mass is 516 g/mol. The summed E-state index contributed by atoms with van der Waals surface area (Å²) in [6, 6.07) is 14.9. The van der Waals surface area contributed by atoms with Crippen LogP contribution in [0.4, 0.5) is 0 Å². The van der Waals surface area contributed by atoms with Crippen LogP contribution < -0.4 is 20.7 Å². The SMILES string of the molecule is CN=C(NCCOc1cccc(Cl)c1)NCCc1cccc(C(=O)NC)c1.I. The van der Waals surface area contributed by atoms with Crippen molar-refractivity contribution in [3.8, 4) is 5.75 Å². The van der Waals surface area contributed by atoms with Gasteiger partial charge < -0.3 is 20.7 Å². The topological polar surface area (TPSA) is 74.8 Å². The molecule has 0 spiro atoms. The van der Waals surface area contributed by atoms with Crippen molar-refractivity contribution in [1.82, 2.24) is 16.0 Å². The van der Waals surface area contributed by atoms with Gasteiger partial charge in [0.1, 0.15) is 12.4 Å². The number of halogens is 2. The minimum absolute atomic E-state index is 0. The largest absolute Gasteiger partial charge is 0.492 e. The van der Waals surface area contributed by atoms with Gasteiger partial charge in [-0.15, -0.1) is 24.0 Å². The summed E-state index contributed by atoms with van der Waals surface area (Å²) in [5.74, 6) is 1.36. The van der Waals surface area contributed by atoms with Crippen LogP contribution in [0.25, 0.3) is 0 Å². The molecular formula is C20H26ClIN4O2. The summed E-state index contributed by atoms with van der Waals surface area (Å²) < 4.78 is 5.63. The molecule has 6 nitrogen and oxygen atoms in total. The van der Waals surface area contributed by atoms with Gasteiger partial charge >= 0.3 is 0 Å². The molecule has 0 saturated heterocycles. The highest BCUT2D eigenvalue weighted by Gasteiger charge is 2.04. The molecule has 2 rings (SSSR count). The van der Waals surface area contributed by atoms with Crippen molar-refractivity contribution >= 4 is 47.4 Å². The van der Waals surface area contributed by atoms with Crippen LogP contribution in [0.1, 0.15) is 15.9 Å². The van der Waals surface area contributed by atoms with E-state index in [1.54, 1.807) is 26.2 Å². The van der Waals surface area contributed by atoms with E-state index < -0.39 is 0 Å². The highest BCUT2D eigenvalue weighted by molar-refractivity contribution is 14.0. The minimum atomic E-state index is -0.0815. The average molecular weight is 517 g/mol. The Hall–Kier alpha value is -2.00. The zero-order valence-electron chi connectivity index (χ0n) is 16.0. The molecule has 0 radical (unpaired) electrons. The highest BCUT2D eigenvalue weighted by Crippen LogP contribution is 2.16. The molecular weight excluding hydrogens is 491 g/mol. The quantitative estimate of drug-likeness (QED) is 0.218. The number of benzene rings is 2. The minimum Gasteiger partial charge on any atom is -0.492 e. The van der Waals surface area contributed by atoms with Gasteiger partial charge in [0, 0.05) is 31.2 Å². The van der Waals surface area contributed by atoms with Gasteiger partial charge in [-0.05, 0) is 42.3 Å². The molecule has 0 saturated carbocycles. The second-order valence-electron chi connectivity index (χ2n) is 5.76. The number of hydrogen-bond acceptors (Lipinski definition) is 3. The first-order valence-electron chi connectivity index (χ1n) is 8.76. The van der Waals surface area contributed by atoms with Crippen molar-refractivity contribution in [1.29, 1.82) is 0 Å². The normalized spacial score (nSPS) is 10.6. The molecule has 0 atom stereocenters. The molecule has 0 aliphatic rings. The lowest BCUT2D eigenvalue weighted by Crippen LogP contribution is -2.40. The van der Waals surface area contributed by atoms with Crippen LogP contribution >= 0.6 is 35.6 Å². The first-order chi connectivity index (χ1) is 13.1. The summed E-state index contributed by atoms with van der Waals surface area (Å²) >= 11 is 5.93. The predicted octanol–water partition coefficient (Wildman–Crippen LogP) is 3.10. The number of rotatable bonds is 8. The van der Waals surface area contributed by atoms with E-state index in [2.05, 4.69) is 20.9 Å². The van der Waals surface area contributed by atoms with Gasteiger partial charge in [0.25, 0.3) is 5.91 Å². The summed E-state index contributed by atoms with van der Waals surface area (Å²) in [7, 11) is 3.35. The van der Waals surface area contributed by atoms with Crippen LogP contribution in [0, 0.1) is 0 Å². The Kier molecular flexibility index (Phi) is 11.4. The third kappa shape index (κ3) is 8.35. The standard InChI is InChI=1S/C20H25ClN4O2.HI/c1-22-19(26)16-6-3-5-15(13-16)9-10-24-20(23-2)25-11-12-27-18-8-4-7-17(21)14-18;/h3-8,13-14H,9-12H2,1-2H3,(H,22,26)(H2,23,24,25);1H. The van der Waals surface area contributed by atoms with Gasteiger partial charge in [0.2, 0.25) is 0 Å².